The lowest BCUT2D eigenvalue weighted by Gasteiger charge is -2.26. The van der Waals surface area contributed by atoms with Crippen LogP contribution in [0.4, 0.5) is 0 Å². The van der Waals surface area contributed by atoms with E-state index in [1.165, 1.54) is 23.0 Å². The molecule has 1 aliphatic rings. The topological polar surface area (TPSA) is 88.4 Å². The van der Waals surface area contributed by atoms with E-state index in [1.807, 2.05) is 24.3 Å². The zero-order valence-electron chi connectivity index (χ0n) is 20.8. The second kappa shape index (κ2) is 11.4. The number of benzene rings is 2. The molecular weight excluding hydrogens is 675 g/mol. The SMILES string of the molecule is CCOC(=O)C1=C(C)N=c2s/c(=C\c3ccc(OC)c(I)c3)c(=O)n2C1c1cc(OC)c(OC)cc1Br. The number of rotatable bonds is 7. The van der Waals surface area contributed by atoms with Crippen LogP contribution in [0, 0.1) is 3.57 Å². The van der Waals surface area contributed by atoms with Crippen LogP contribution in [0.5, 0.6) is 17.2 Å². The molecule has 1 atom stereocenters. The van der Waals surface area contributed by atoms with Crippen LogP contribution in [0.2, 0.25) is 0 Å². The molecule has 2 aromatic carbocycles. The van der Waals surface area contributed by atoms with Crippen LogP contribution in [0.1, 0.15) is 31.0 Å². The fourth-order valence-corrected chi connectivity index (χ4v) is 6.43. The lowest BCUT2D eigenvalue weighted by molar-refractivity contribution is -0.139. The molecule has 8 nitrogen and oxygen atoms in total. The van der Waals surface area contributed by atoms with Gasteiger partial charge in [0.2, 0.25) is 0 Å². The van der Waals surface area contributed by atoms with Gasteiger partial charge in [0.1, 0.15) is 5.75 Å². The van der Waals surface area contributed by atoms with Gasteiger partial charge >= 0.3 is 5.97 Å². The molecule has 0 saturated heterocycles. The van der Waals surface area contributed by atoms with Crippen molar-refractivity contribution in [3.63, 3.8) is 0 Å². The van der Waals surface area contributed by atoms with Gasteiger partial charge in [0.05, 0.1) is 53.4 Å². The number of thiazole rings is 1. The maximum absolute atomic E-state index is 13.8. The highest BCUT2D eigenvalue weighted by Crippen LogP contribution is 2.40. The number of carbonyl (C=O) groups excluding carboxylic acids is 1. The number of halogens is 2. The van der Waals surface area contributed by atoms with Gasteiger partial charge in [-0.05, 0) is 77.9 Å². The Morgan fingerprint density at radius 3 is 2.43 bits per heavy atom. The molecule has 194 valence electrons. The third kappa shape index (κ3) is 5.21. The summed E-state index contributed by atoms with van der Waals surface area (Å²) in [4.78, 5) is 32.1. The third-order valence-corrected chi connectivity index (χ3v) is 8.30. The molecule has 1 aliphatic heterocycles. The standard InChI is InChI=1S/C26H24BrIN2O6S/c1-6-36-25(32)22-13(2)29-26-30(23(22)15-11-19(34-4)20(35-5)12-16(15)27)24(31)21(37-26)10-14-7-8-18(33-3)17(28)9-14/h7-12,23H,6H2,1-5H3/b21-10-. The number of ether oxygens (including phenoxy) is 4. The minimum Gasteiger partial charge on any atom is -0.496 e. The molecule has 11 heteroatoms. The van der Waals surface area contributed by atoms with Crippen molar-refractivity contribution in [2.75, 3.05) is 27.9 Å². The average molecular weight is 699 g/mol. The van der Waals surface area contributed by atoms with Crippen molar-refractivity contribution >= 4 is 61.9 Å². The van der Waals surface area contributed by atoms with Crippen molar-refractivity contribution in [2.45, 2.75) is 19.9 Å². The molecule has 4 rings (SSSR count). The van der Waals surface area contributed by atoms with Crippen LogP contribution in [0.25, 0.3) is 6.08 Å². The summed E-state index contributed by atoms with van der Waals surface area (Å²) in [7, 11) is 4.69. The normalized spacial score (nSPS) is 15.2. The van der Waals surface area contributed by atoms with Gasteiger partial charge in [0.15, 0.2) is 16.3 Å². The van der Waals surface area contributed by atoms with Crippen LogP contribution >= 0.6 is 49.9 Å². The zero-order valence-corrected chi connectivity index (χ0v) is 25.3. The summed E-state index contributed by atoms with van der Waals surface area (Å²) >= 11 is 7.06. The number of hydrogen-bond acceptors (Lipinski definition) is 8. The second-order valence-corrected chi connectivity index (χ2v) is 11.0. The number of nitrogens with zero attached hydrogens (tertiary/aromatic N) is 2. The molecule has 0 bridgehead atoms. The highest BCUT2D eigenvalue weighted by Gasteiger charge is 2.35. The fourth-order valence-electron chi connectivity index (χ4n) is 4.09. The van der Waals surface area contributed by atoms with Crippen molar-refractivity contribution < 1.29 is 23.7 Å². The lowest BCUT2D eigenvalue weighted by Crippen LogP contribution is -2.40. The van der Waals surface area contributed by atoms with Gasteiger partial charge in [0, 0.05) is 4.47 Å². The highest BCUT2D eigenvalue weighted by atomic mass is 127. The van der Waals surface area contributed by atoms with E-state index in [0.717, 1.165) is 14.9 Å². The molecule has 0 aliphatic carbocycles. The van der Waals surface area contributed by atoms with Crippen molar-refractivity contribution in [3.8, 4) is 17.2 Å². The molecule has 0 fully saturated rings. The minimum atomic E-state index is -0.789. The van der Waals surface area contributed by atoms with Crippen molar-refractivity contribution in [1.82, 2.24) is 4.57 Å². The van der Waals surface area contributed by atoms with E-state index < -0.39 is 12.0 Å². The third-order valence-electron chi connectivity index (χ3n) is 5.79. The van der Waals surface area contributed by atoms with E-state index >= 15 is 0 Å². The van der Waals surface area contributed by atoms with Gasteiger partial charge in [0.25, 0.3) is 5.56 Å². The molecule has 0 spiro atoms. The van der Waals surface area contributed by atoms with Crippen molar-refractivity contribution in [3.05, 3.63) is 80.5 Å². The molecule has 0 radical (unpaired) electrons. The van der Waals surface area contributed by atoms with Gasteiger partial charge in [-0.3, -0.25) is 9.36 Å². The molecule has 2 heterocycles. The summed E-state index contributed by atoms with van der Waals surface area (Å²) in [6, 6.07) is 8.40. The van der Waals surface area contributed by atoms with Crippen molar-refractivity contribution in [2.24, 2.45) is 4.99 Å². The Morgan fingerprint density at radius 1 is 1.14 bits per heavy atom. The van der Waals surface area contributed by atoms with Gasteiger partial charge < -0.3 is 18.9 Å². The van der Waals surface area contributed by atoms with E-state index in [0.29, 0.717) is 36.6 Å². The molecule has 0 N–H and O–H groups in total. The fraction of sp³-hybridized carbons (Fsp3) is 0.269. The number of aromatic nitrogens is 1. The summed E-state index contributed by atoms with van der Waals surface area (Å²) in [5, 5.41) is 0. The van der Waals surface area contributed by atoms with E-state index in [9.17, 15) is 9.59 Å². The first-order valence-corrected chi connectivity index (χ1v) is 13.9. The molecule has 0 amide bonds. The Bertz CT molecular complexity index is 1590. The number of esters is 1. The molecule has 0 saturated carbocycles. The van der Waals surface area contributed by atoms with E-state index in [2.05, 4.69) is 43.5 Å². The minimum absolute atomic E-state index is 0.190. The quantitative estimate of drug-likeness (QED) is 0.272. The molecular formula is C26H24BrIN2O6S. The first-order valence-electron chi connectivity index (χ1n) is 11.2. The summed E-state index contributed by atoms with van der Waals surface area (Å²) < 4.78 is 25.3. The predicted molar refractivity (Wildman–Crippen MR) is 153 cm³/mol. The van der Waals surface area contributed by atoms with Crippen LogP contribution in [0.3, 0.4) is 0 Å². The van der Waals surface area contributed by atoms with Crippen LogP contribution < -0.4 is 29.1 Å². The number of hydrogen-bond donors (Lipinski definition) is 0. The Labute approximate surface area is 239 Å². The number of carbonyl (C=O) groups is 1. The molecule has 3 aromatic rings. The number of methoxy groups -OCH3 is 3. The Hall–Kier alpha value is -2.64. The first kappa shape index (κ1) is 27.4. The van der Waals surface area contributed by atoms with E-state index in [4.69, 9.17) is 18.9 Å². The highest BCUT2D eigenvalue weighted by molar-refractivity contribution is 14.1. The maximum atomic E-state index is 13.8. The average Bonchev–Trinajstić information content (AvgIpc) is 3.17. The molecule has 1 unspecified atom stereocenters. The lowest BCUT2D eigenvalue weighted by atomic mass is 9.95. The van der Waals surface area contributed by atoms with E-state index in [1.54, 1.807) is 40.2 Å². The van der Waals surface area contributed by atoms with Gasteiger partial charge in [-0.2, -0.15) is 0 Å². The van der Waals surface area contributed by atoms with Crippen LogP contribution in [-0.4, -0.2) is 38.5 Å². The Balaban J connectivity index is 1.99. The molecule has 37 heavy (non-hydrogen) atoms. The number of fused-ring (bicyclic) bond motifs is 1. The largest absolute Gasteiger partial charge is 0.496 e. The monoisotopic (exact) mass is 698 g/mol. The summed E-state index contributed by atoms with van der Waals surface area (Å²) in [5.74, 6) is 1.20. The Morgan fingerprint density at radius 2 is 1.81 bits per heavy atom. The maximum Gasteiger partial charge on any atom is 0.338 e. The smallest absolute Gasteiger partial charge is 0.338 e. The van der Waals surface area contributed by atoms with Crippen LogP contribution in [0.15, 0.2) is 55.9 Å². The first-order chi connectivity index (χ1) is 17.7. The summed E-state index contributed by atoms with van der Waals surface area (Å²) in [5.41, 5.74) is 1.99. The predicted octanol–water partition coefficient (Wildman–Crippen LogP) is 4.19. The second-order valence-electron chi connectivity index (χ2n) is 7.92. The summed E-state index contributed by atoms with van der Waals surface area (Å²) in [6.07, 6.45) is 1.82. The summed E-state index contributed by atoms with van der Waals surface area (Å²) in [6.45, 7) is 3.67. The van der Waals surface area contributed by atoms with E-state index in [-0.39, 0.29) is 17.7 Å². The zero-order chi connectivity index (χ0) is 26.9. The van der Waals surface area contributed by atoms with Gasteiger partial charge in [-0.25, -0.2) is 9.79 Å². The van der Waals surface area contributed by atoms with Gasteiger partial charge in [-0.1, -0.05) is 33.3 Å². The Kier molecular flexibility index (Phi) is 8.44. The van der Waals surface area contributed by atoms with Crippen molar-refractivity contribution in [1.29, 1.82) is 0 Å². The van der Waals surface area contributed by atoms with Gasteiger partial charge in [-0.15, -0.1) is 0 Å². The van der Waals surface area contributed by atoms with Crippen LogP contribution in [-0.2, 0) is 9.53 Å². The molecule has 1 aromatic heterocycles. The number of allylic oxidation sites excluding steroid dienone is 1.